The zero-order valence-corrected chi connectivity index (χ0v) is 13.5. The van der Waals surface area contributed by atoms with E-state index in [1.54, 1.807) is 25.3 Å². The van der Waals surface area contributed by atoms with Crippen molar-refractivity contribution < 1.29 is 9.32 Å². The third kappa shape index (κ3) is 2.75. The highest BCUT2D eigenvalue weighted by atomic mass is 35.5. The van der Waals surface area contributed by atoms with Crippen molar-refractivity contribution in [3.8, 4) is 11.3 Å². The van der Waals surface area contributed by atoms with Crippen LogP contribution < -0.4 is 5.32 Å². The second-order valence-corrected chi connectivity index (χ2v) is 6.31. The Hall–Kier alpha value is -2.18. The van der Waals surface area contributed by atoms with Crippen molar-refractivity contribution in [3.05, 3.63) is 51.7 Å². The summed E-state index contributed by atoms with van der Waals surface area (Å²) in [7, 11) is 0. The number of nitrogens with one attached hydrogen (secondary N) is 1. The summed E-state index contributed by atoms with van der Waals surface area (Å²) in [6.07, 6.45) is 1.70. The molecule has 1 amide bonds. The van der Waals surface area contributed by atoms with Gasteiger partial charge in [0, 0.05) is 16.6 Å². The maximum absolute atomic E-state index is 12.5. The largest absolute Gasteiger partial charge is 0.360 e. The molecule has 3 rings (SSSR count). The standard InChI is InChI=1S/C15H12ClN3O2S/c1-8-7-17-15(22-8)18-14(20)12-9(2)21-19-13(12)10-5-3-4-6-11(10)16/h3-7H,1-2H3,(H,17,18,20). The number of aryl methyl sites for hydroxylation is 2. The summed E-state index contributed by atoms with van der Waals surface area (Å²) in [5.74, 6) is 0.115. The van der Waals surface area contributed by atoms with Gasteiger partial charge >= 0.3 is 0 Å². The highest BCUT2D eigenvalue weighted by molar-refractivity contribution is 7.15. The van der Waals surface area contributed by atoms with Crippen LogP contribution in [0.4, 0.5) is 5.13 Å². The van der Waals surface area contributed by atoms with Crippen molar-refractivity contribution in [2.75, 3.05) is 5.32 Å². The quantitative estimate of drug-likeness (QED) is 0.775. The summed E-state index contributed by atoms with van der Waals surface area (Å²) < 4.78 is 5.18. The van der Waals surface area contributed by atoms with Gasteiger partial charge in [0.2, 0.25) is 0 Å². The number of halogens is 1. The Morgan fingerprint density at radius 1 is 1.32 bits per heavy atom. The van der Waals surface area contributed by atoms with Crippen molar-refractivity contribution in [3.63, 3.8) is 0 Å². The van der Waals surface area contributed by atoms with Crippen LogP contribution in [-0.4, -0.2) is 16.0 Å². The van der Waals surface area contributed by atoms with Crippen LogP contribution in [0.15, 0.2) is 35.0 Å². The van der Waals surface area contributed by atoms with Crippen LogP contribution in [0.25, 0.3) is 11.3 Å². The van der Waals surface area contributed by atoms with Crippen molar-refractivity contribution >= 4 is 34.0 Å². The molecule has 0 saturated heterocycles. The van der Waals surface area contributed by atoms with Crippen LogP contribution in [0, 0.1) is 13.8 Å². The lowest BCUT2D eigenvalue weighted by molar-refractivity contribution is 0.102. The fourth-order valence-electron chi connectivity index (χ4n) is 2.05. The first-order chi connectivity index (χ1) is 10.6. The van der Waals surface area contributed by atoms with Gasteiger partial charge in [-0.2, -0.15) is 0 Å². The van der Waals surface area contributed by atoms with Crippen LogP contribution in [-0.2, 0) is 0 Å². The molecule has 5 nitrogen and oxygen atoms in total. The van der Waals surface area contributed by atoms with Gasteiger partial charge in [0.15, 0.2) is 5.13 Å². The minimum Gasteiger partial charge on any atom is -0.360 e. The van der Waals surface area contributed by atoms with E-state index in [0.717, 1.165) is 4.88 Å². The predicted octanol–water partition coefficient (Wildman–Crippen LogP) is 4.32. The van der Waals surface area contributed by atoms with E-state index in [1.807, 2.05) is 19.1 Å². The highest BCUT2D eigenvalue weighted by Crippen LogP contribution is 2.31. The van der Waals surface area contributed by atoms with Crippen LogP contribution >= 0.6 is 22.9 Å². The third-order valence-electron chi connectivity index (χ3n) is 3.06. The van der Waals surface area contributed by atoms with Gasteiger partial charge in [-0.3, -0.25) is 10.1 Å². The maximum Gasteiger partial charge on any atom is 0.263 e. The van der Waals surface area contributed by atoms with Crippen molar-refractivity contribution in [2.24, 2.45) is 0 Å². The molecule has 3 aromatic rings. The number of benzene rings is 1. The lowest BCUT2D eigenvalue weighted by atomic mass is 10.1. The molecule has 0 fully saturated rings. The number of carbonyl (C=O) groups excluding carboxylic acids is 1. The number of hydrogen-bond donors (Lipinski definition) is 1. The molecule has 2 heterocycles. The highest BCUT2D eigenvalue weighted by Gasteiger charge is 2.23. The van der Waals surface area contributed by atoms with E-state index in [1.165, 1.54) is 11.3 Å². The van der Waals surface area contributed by atoms with E-state index in [0.29, 0.717) is 32.7 Å². The summed E-state index contributed by atoms with van der Waals surface area (Å²) in [5.41, 5.74) is 1.44. The molecule has 1 N–H and O–H groups in total. The lowest BCUT2D eigenvalue weighted by Gasteiger charge is -2.04. The zero-order valence-electron chi connectivity index (χ0n) is 11.9. The molecule has 0 aliphatic heterocycles. The minimum absolute atomic E-state index is 0.317. The monoisotopic (exact) mass is 333 g/mol. The minimum atomic E-state index is -0.317. The van der Waals surface area contributed by atoms with E-state index >= 15 is 0 Å². The Labute approximate surface area is 135 Å². The van der Waals surface area contributed by atoms with Gasteiger partial charge < -0.3 is 4.52 Å². The molecule has 1 aromatic carbocycles. The van der Waals surface area contributed by atoms with Crippen LogP contribution in [0.1, 0.15) is 21.0 Å². The molecule has 0 unspecified atom stereocenters. The summed E-state index contributed by atoms with van der Waals surface area (Å²) in [6, 6.07) is 7.19. The number of thiazole rings is 1. The molecule has 0 radical (unpaired) electrons. The van der Waals surface area contributed by atoms with Crippen LogP contribution in [0.5, 0.6) is 0 Å². The molecular weight excluding hydrogens is 322 g/mol. The van der Waals surface area contributed by atoms with Gasteiger partial charge in [0.05, 0.1) is 5.02 Å². The Bertz CT molecular complexity index is 841. The Morgan fingerprint density at radius 2 is 2.09 bits per heavy atom. The molecule has 0 atom stereocenters. The Balaban J connectivity index is 1.99. The summed E-state index contributed by atoms with van der Waals surface area (Å²) in [4.78, 5) is 17.7. The summed E-state index contributed by atoms with van der Waals surface area (Å²) in [5, 5.41) is 7.78. The Kier molecular flexibility index (Phi) is 3.96. The topological polar surface area (TPSA) is 68.0 Å². The number of rotatable bonds is 3. The molecule has 0 spiro atoms. The number of nitrogens with zero attached hydrogens (tertiary/aromatic N) is 2. The zero-order chi connectivity index (χ0) is 15.7. The van der Waals surface area contributed by atoms with E-state index < -0.39 is 0 Å². The third-order valence-corrected chi connectivity index (χ3v) is 4.22. The fraction of sp³-hybridized carbons (Fsp3) is 0.133. The fourth-order valence-corrected chi connectivity index (χ4v) is 2.93. The average Bonchev–Trinajstić information content (AvgIpc) is 3.05. The number of anilines is 1. The van der Waals surface area contributed by atoms with Gasteiger partial charge in [0.1, 0.15) is 17.0 Å². The Morgan fingerprint density at radius 3 is 2.77 bits per heavy atom. The molecule has 7 heteroatoms. The maximum atomic E-state index is 12.5. The van der Waals surface area contributed by atoms with Gasteiger partial charge in [0.25, 0.3) is 5.91 Å². The van der Waals surface area contributed by atoms with E-state index in [4.69, 9.17) is 16.1 Å². The first-order valence-electron chi connectivity index (χ1n) is 6.51. The van der Waals surface area contributed by atoms with Gasteiger partial charge in [-0.05, 0) is 19.9 Å². The van der Waals surface area contributed by atoms with Crippen LogP contribution in [0.2, 0.25) is 5.02 Å². The normalized spacial score (nSPS) is 10.7. The predicted molar refractivity (Wildman–Crippen MR) is 86.5 cm³/mol. The van der Waals surface area contributed by atoms with E-state index in [-0.39, 0.29) is 5.91 Å². The van der Waals surface area contributed by atoms with Crippen LogP contribution in [0.3, 0.4) is 0 Å². The van der Waals surface area contributed by atoms with Gasteiger partial charge in [-0.25, -0.2) is 4.98 Å². The molecule has 0 aliphatic carbocycles. The summed E-state index contributed by atoms with van der Waals surface area (Å²) >= 11 is 7.59. The molecule has 0 bridgehead atoms. The lowest BCUT2D eigenvalue weighted by Crippen LogP contribution is -2.13. The van der Waals surface area contributed by atoms with Gasteiger partial charge in [-0.15, -0.1) is 11.3 Å². The number of hydrogen-bond acceptors (Lipinski definition) is 5. The van der Waals surface area contributed by atoms with Crippen molar-refractivity contribution in [1.82, 2.24) is 10.1 Å². The molecule has 2 aromatic heterocycles. The second kappa shape index (κ2) is 5.90. The van der Waals surface area contributed by atoms with Gasteiger partial charge in [-0.1, -0.05) is 35.0 Å². The molecule has 0 saturated carbocycles. The number of amides is 1. The van der Waals surface area contributed by atoms with Crippen molar-refractivity contribution in [2.45, 2.75) is 13.8 Å². The molecule has 0 aliphatic rings. The second-order valence-electron chi connectivity index (χ2n) is 4.67. The molecule has 112 valence electrons. The number of carbonyl (C=O) groups is 1. The molecular formula is C15H12ClN3O2S. The first-order valence-corrected chi connectivity index (χ1v) is 7.70. The van der Waals surface area contributed by atoms with E-state index in [2.05, 4.69) is 15.5 Å². The number of aromatic nitrogens is 2. The molecule has 22 heavy (non-hydrogen) atoms. The van der Waals surface area contributed by atoms with E-state index in [9.17, 15) is 4.79 Å². The average molecular weight is 334 g/mol. The smallest absolute Gasteiger partial charge is 0.263 e. The first kappa shape index (κ1) is 14.7. The SMILES string of the molecule is Cc1cnc(NC(=O)c2c(-c3ccccc3Cl)noc2C)s1. The van der Waals surface area contributed by atoms with Crippen molar-refractivity contribution in [1.29, 1.82) is 0 Å². The summed E-state index contributed by atoms with van der Waals surface area (Å²) in [6.45, 7) is 3.61.